The summed E-state index contributed by atoms with van der Waals surface area (Å²) in [5, 5.41) is 40.1. The molecule has 6 atom stereocenters. The molecule has 0 saturated carbocycles. The van der Waals surface area contributed by atoms with Crippen LogP contribution in [0.15, 0.2) is 48.6 Å². The second kappa shape index (κ2) is 37.7. The summed E-state index contributed by atoms with van der Waals surface area (Å²) in [7, 11) is 0. The quantitative estimate of drug-likeness (QED) is 0.0276. The van der Waals surface area contributed by atoms with Crippen LogP contribution in [0.3, 0.4) is 0 Å². The van der Waals surface area contributed by atoms with Crippen LogP contribution in [0.25, 0.3) is 0 Å². The Balaban J connectivity index is 2.28. The van der Waals surface area contributed by atoms with Crippen molar-refractivity contribution in [3.05, 3.63) is 48.6 Å². The van der Waals surface area contributed by atoms with Crippen molar-refractivity contribution in [1.29, 1.82) is 0 Å². The number of hydrogen-bond donors (Lipinski definition) is 4. The third kappa shape index (κ3) is 29.1. The van der Waals surface area contributed by atoms with Gasteiger partial charge < -0.3 is 39.4 Å². The lowest BCUT2D eigenvalue weighted by Crippen LogP contribution is -2.59. The van der Waals surface area contributed by atoms with Crippen molar-refractivity contribution < 1.29 is 44.2 Å². The molecule has 1 heterocycles. The molecular weight excluding hydrogens is 696 g/mol. The van der Waals surface area contributed by atoms with Crippen LogP contribution in [-0.2, 0) is 23.7 Å². The lowest BCUT2D eigenvalue weighted by atomic mass is 9.99. The first-order chi connectivity index (χ1) is 26.9. The molecule has 1 aliphatic heterocycles. The van der Waals surface area contributed by atoms with E-state index in [1.54, 1.807) is 0 Å². The number of aliphatic hydroxyl groups is 4. The lowest BCUT2D eigenvalue weighted by Gasteiger charge is -2.39. The number of ether oxygens (including phenoxy) is 4. The van der Waals surface area contributed by atoms with Gasteiger partial charge in [-0.2, -0.15) is 0 Å². The monoisotopic (exact) mass is 779 g/mol. The van der Waals surface area contributed by atoms with Crippen molar-refractivity contribution in [3.63, 3.8) is 0 Å². The van der Waals surface area contributed by atoms with Gasteiger partial charge in [0, 0.05) is 13.0 Å². The van der Waals surface area contributed by atoms with E-state index in [2.05, 4.69) is 62.5 Å². The summed E-state index contributed by atoms with van der Waals surface area (Å²) in [5.74, 6) is -0.331. The fraction of sp³-hybridized carbons (Fsp3) is 0.804. The van der Waals surface area contributed by atoms with Crippen LogP contribution < -0.4 is 0 Å². The van der Waals surface area contributed by atoms with E-state index >= 15 is 0 Å². The highest BCUT2D eigenvalue weighted by atomic mass is 16.7. The Morgan fingerprint density at radius 1 is 0.582 bits per heavy atom. The van der Waals surface area contributed by atoms with Crippen LogP contribution in [0, 0.1) is 0 Å². The fourth-order valence-corrected chi connectivity index (χ4v) is 6.42. The molecule has 0 spiro atoms. The molecule has 1 fully saturated rings. The fourth-order valence-electron chi connectivity index (χ4n) is 6.42. The van der Waals surface area contributed by atoms with Gasteiger partial charge in [0.1, 0.15) is 30.5 Å². The summed E-state index contributed by atoms with van der Waals surface area (Å²) in [5.41, 5.74) is 0. The summed E-state index contributed by atoms with van der Waals surface area (Å²) in [6.45, 7) is 4.46. The molecule has 1 rings (SSSR count). The maximum atomic E-state index is 12.7. The van der Waals surface area contributed by atoms with Gasteiger partial charge >= 0.3 is 5.97 Å². The summed E-state index contributed by atoms with van der Waals surface area (Å²) in [6.07, 6.45) is 38.4. The zero-order valence-electron chi connectivity index (χ0n) is 34.9. The van der Waals surface area contributed by atoms with E-state index in [1.165, 1.54) is 89.9 Å². The Labute approximate surface area is 335 Å². The van der Waals surface area contributed by atoms with Gasteiger partial charge in [0.05, 0.1) is 19.8 Å². The second-order valence-corrected chi connectivity index (χ2v) is 15.1. The van der Waals surface area contributed by atoms with E-state index in [-0.39, 0.29) is 19.2 Å². The zero-order chi connectivity index (χ0) is 40.0. The Kier molecular flexibility index (Phi) is 35.1. The minimum absolute atomic E-state index is 0.123. The molecule has 4 N–H and O–H groups in total. The molecule has 0 aliphatic carbocycles. The van der Waals surface area contributed by atoms with Crippen molar-refractivity contribution in [2.24, 2.45) is 0 Å². The van der Waals surface area contributed by atoms with Gasteiger partial charge in [0.15, 0.2) is 6.29 Å². The third-order valence-electron chi connectivity index (χ3n) is 9.97. The van der Waals surface area contributed by atoms with Crippen molar-refractivity contribution in [2.75, 3.05) is 26.4 Å². The van der Waals surface area contributed by atoms with Crippen LogP contribution >= 0.6 is 0 Å². The summed E-state index contributed by atoms with van der Waals surface area (Å²) >= 11 is 0. The van der Waals surface area contributed by atoms with Crippen LogP contribution in [0.5, 0.6) is 0 Å². The van der Waals surface area contributed by atoms with E-state index in [0.717, 1.165) is 64.2 Å². The van der Waals surface area contributed by atoms with Crippen LogP contribution in [0.4, 0.5) is 0 Å². The smallest absolute Gasteiger partial charge is 0.306 e. The lowest BCUT2D eigenvalue weighted by molar-refractivity contribution is -0.305. The molecule has 6 unspecified atom stereocenters. The van der Waals surface area contributed by atoms with E-state index in [1.807, 2.05) is 0 Å². The maximum Gasteiger partial charge on any atom is 0.306 e. The van der Waals surface area contributed by atoms with Crippen LogP contribution in [-0.4, -0.2) is 89.6 Å². The Bertz CT molecular complexity index is 978. The minimum Gasteiger partial charge on any atom is -0.457 e. The van der Waals surface area contributed by atoms with E-state index in [4.69, 9.17) is 18.9 Å². The predicted octanol–water partition coefficient (Wildman–Crippen LogP) is 9.75. The Morgan fingerprint density at radius 2 is 1.07 bits per heavy atom. The number of carbonyl (C=O) groups excluding carboxylic acids is 1. The predicted molar refractivity (Wildman–Crippen MR) is 224 cm³/mol. The zero-order valence-corrected chi connectivity index (χ0v) is 34.9. The van der Waals surface area contributed by atoms with Crippen molar-refractivity contribution >= 4 is 5.97 Å². The molecule has 1 saturated heterocycles. The van der Waals surface area contributed by atoms with Crippen LogP contribution in [0.2, 0.25) is 0 Å². The van der Waals surface area contributed by atoms with Gasteiger partial charge in [-0.15, -0.1) is 0 Å². The highest BCUT2D eigenvalue weighted by Gasteiger charge is 2.44. The molecule has 0 aromatic heterocycles. The molecule has 9 nitrogen and oxygen atoms in total. The van der Waals surface area contributed by atoms with Crippen molar-refractivity contribution in [2.45, 2.75) is 211 Å². The summed E-state index contributed by atoms with van der Waals surface area (Å²) in [6, 6.07) is 0. The highest BCUT2D eigenvalue weighted by Crippen LogP contribution is 2.22. The largest absolute Gasteiger partial charge is 0.457 e. The topological polar surface area (TPSA) is 135 Å². The molecule has 1 aliphatic rings. The number of rotatable bonds is 37. The molecule has 9 heteroatoms. The normalized spacial score (nSPS) is 21.2. The average molecular weight is 779 g/mol. The molecule has 0 amide bonds. The minimum atomic E-state index is -1.54. The number of carbonyl (C=O) groups is 1. The van der Waals surface area contributed by atoms with E-state index < -0.39 is 43.4 Å². The molecule has 0 aromatic rings. The van der Waals surface area contributed by atoms with Gasteiger partial charge in [0.2, 0.25) is 0 Å². The first kappa shape index (κ1) is 51.2. The first-order valence-electron chi connectivity index (χ1n) is 22.2. The standard InChI is InChI=1S/C46H82O9/c1-3-5-7-9-11-13-15-17-19-20-21-22-24-26-28-30-32-34-36-52-38-40(39-53-46-45(51)44(50)43(49)41(37-47)55-46)54-42(48)35-33-31-29-27-25-23-18-16-14-12-10-8-6-4-2/h10-13,16-19,40-41,43-47,49-51H,3-9,14-15,20-39H2,1-2H3/b12-10-,13-11-,18-16-,19-17-. The second-order valence-electron chi connectivity index (χ2n) is 15.1. The summed E-state index contributed by atoms with van der Waals surface area (Å²) < 4.78 is 22.8. The van der Waals surface area contributed by atoms with Crippen LogP contribution in [0.1, 0.15) is 174 Å². The highest BCUT2D eigenvalue weighted by molar-refractivity contribution is 5.69. The van der Waals surface area contributed by atoms with E-state index in [9.17, 15) is 25.2 Å². The molecular formula is C46H82O9. The number of aliphatic hydroxyl groups excluding tert-OH is 4. The Hall–Kier alpha value is -1.85. The number of allylic oxidation sites excluding steroid dienone is 8. The summed E-state index contributed by atoms with van der Waals surface area (Å²) in [4.78, 5) is 12.7. The third-order valence-corrected chi connectivity index (χ3v) is 9.97. The molecule has 0 bridgehead atoms. The molecule has 55 heavy (non-hydrogen) atoms. The maximum absolute atomic E-state index is 12.7. The average Bonchev–Trinajstić information content (AvgIpc) is 3.18. The number of esters is 1. The van der Waals surface area contributed by atoms with Gasteiger partial charge in [-0.05, 0) is 70.6 Å². The first-order valence-corrected chi connectivity index (χ1v) is 22.2. The van der Waals surface area contributed by atoms with Crippen molar-refractivity contribution in [3.8, 4) is 0 Å². The van der Waals surface area contributed by atoms with Gasteiger partial charge in [-0.1, -0.05) is 146 Å². The molecule has 0 radical (unpaired) electrons. The number of hydrogen-bond acceptors (Lipinski definition) is 9. The SMILES string of the molecule is CCCC/C=C\C/C=C\CCCCCCCC(=O)OC(COCCCCCCCCCC/C=C\C/C=C\CCCCC)COC1OC(CO)C(O)C(O)C1O. The van der Waals surface area contributed by atoms with Crippen molar-refractivity contribution in [1.82, 2.24) is 0 Å². The molecule has 320 valence electrons. The van der Waals surface area contributed by atoms with Gasteiger partial charge in [0.25, 0.3) is 0 Å². The Morgan fingerprint density at radius 3 is 1.62 bits per heavy atom. The van der Waals surface area contributed by atoms with Gasteiger partial charge in [-0.3, -0.25) is 4.79 Å². The van der Waals surface area contributed by atoms with E-state index in [0.29, 0.717) is 13.0 Å². The van der Waals surface area contributed by atoms with Gasteiger partial charge in [-0.25, -0.2) is 0 Å². The number of unbranched alkanes of at least 4 members (excludes halogenated alkanes) is 18. The molecule has 0 aromatic carbocycles.